The summed E-state index contributed by atoms with van der Waals surface area (Å²) in [5.74, 6) is 1.64. The zero-order chi connectivity index (χ0) is 22.9. The first kappa shape index (κ1) is 22.4. The van der Waals surface area contributed by atoms with E-state index in [9.17, 15) is 10.2 Å². The molecule has 4 unspecified atom stereocenters. The predicted molar refractivity (Wildman–Crippen MR) is 132 cm³/mol. The van der Waals surface area contributed by atoms with Crippen molar-refractivity contribution in [2.45, 2.75) is 77.0 Å². The van der Waals surface area contributed by atoms with E-state index in [1.54, 1.807) is 11.3 Å². The van der Waals surface area contributed by atoms with Gasteiger partial charge in [-0.1, -0.05) is 12.8 Å². The summed E-state index contributed by atoms with van der Waals surface area (Å²) in [5, 5.41) is 27.9. The molecule has 4 atom stereocenters. The van der Waals surface area contributed by atoms with Gasteiger partial charge in [0.15, 0.2) is 0 Å². The molecule has 3 aromatic rings. The molecule has 33 heavy (non-hydrogen) atoms. The molecule has 3 heterocycles. The first-order chi connectivity index (χ1) is 16.0. The minimum absolute atomic E-state index is 0.0294. The second kappa shape index (κ2) is 9.48. The van der Waals surface area contributed by atoms with Crippen molar-refractivity contribution in [3.8, 4) is 10.6 Å². The number of aliphatic hydroxyl groups is 2. The predicted octanol–water partition coefficient (Wildman–Crippen LogP) is 4.05. The first-order valence-electron chi connectivity index (χ1n) is 11.9. The summed E-state index contributed by atoms with van der Waals surface area (Å²) in [6, 6.07) is 2.22. The Bertz CT molecular complexity index is 1140. The van der Waals surface area contributed by atoms with Gasteiger partial charge in [0.05, 0.1) is 33.8 Å². The maximum absolute atomic E-state index is 10.4. The molecule has 0 saturated heterocycles. The number of thiazole rings is 1. The van der Waals surface area contributed by atoms with Crippen molar-refractivity contribution < 1.29 is 10.2 Å². The van der Waals surface area contributed by atoms with Gasteiger partial charge in [0, 0.05) is 18.8 Å². The molecule has 0 aromatic carbocycles. The number of hydrogen-bond acceptors (Lipinski definition) is 9. The molecule has 2 saturated carbocycles. The van der Waals surface area contributed by atoms with Crippen LogP contribution in [0, 0.1) is 19.8 Å². The van der Waals surface area contributed by atoms with E-state index in [4.69, 9.17) is 15.0 Å². The third kappa shape index (κ3) is 4.67. The van der Waals surface area contributed by atoms with Crippen molar-refractivity contribution in [2.24, 2.45) is 5.92 Å². The van der Waals surface area contributed by atoms with Gasteiger partial charge in [-0.2, -0.15) is 4.98 Å². The van der Waals surface area contributed by atoms with E-state index in [0.29, 0.717) is 11.9 Å². The highest BCUT2D eigenvalue weighted by molar-refractivity contribution is 7.21. The molecular formula is C24H32N6O2S. The van der Waals surface area contributed by atoms with Crippen molar-refractivity contribution in [1.82, 2.24) is 19.9 Å². The highest BCUT2D eigenvalue weighted by Crippen LogP contribution is 2.38. The minimum Gasteiger partial charge on any atom is -0.396 e. The van der Waals surface area contributed by atoms with E-state index in [1.807, 2.05) is 26.1 Å². The van der Waals surface area contributed by atoms with Crippen LogP contribution >= 0.6 is 11.3 Å². The lowest BCUT2D eigenvalue weighted by Gasteiger charge is -2.28. The van der Waals surface area contributed by atoms with Crippen LogP contribution in [0.2, 0.25) is 0 Å². The van der Waals surface area contributed by atoms with Gasteiger partial charge < -0.3 is 20.8 Å². The average molecular weight is 469 g/mol. The summed E-state index contributed by atoms with van der Waals surface area (Å²) in [5.41, 5.74) is 3.59. The van der Waals surface area contributed by atoms with E-state index in [1.165, 1.54) is 0 Å². The molecular weight excluding hydrogens is 436 g/mol. The molecule has 9 heteroatoms. The molecule has 8 nitrogen and oxygen atoms in total. The Morgan fingerprint density at radius 1 is 1.03 bits per heavy atom. The number of hydrogen-bond donors (Lipinski definition) is 4. The van der Waals surface area contributed by atoms with E-state index >= 15 is 0 Å². The molecule has 0 spiro atoms. The Morgan fingerprint density at radius 2 is 1.88 bits per heavy atom. The fraction of sp³-hybridized carbons (Fsp3) is 0.583. The summed E-state index contributed by atoms with van der Waals surface area (Å²) in [6.07, 6.45) is 8.26. The van der Waals surface area contributed by atoms with E-state index < -0.39 is 0 Å². The standard InChI is InChI=1S/C24H32N6O2S/c1-13-20(23-29-21-14(2)25-10-9-19(21)33-23)22(27-16-8-7-15(11-16)12-31)30-24(26-13)28-17-5-3-4-6-18(17)32/h9-10,15-18,31-32H,3-8,11-12H2,1-2H3,(H2,26,27,28,30). The molecule has 0 aliphatic heterocycles. The van der Waals surface area contributed by atoms with Crippen molar-refractivity contribution in [2.75, 3.05) is 17.2 Å². The van der Waals surface area contributed by atoms with Gasteiger partial charge in [-0.25, -0.2) is 9.97 Å². The molecule has 2 aliphatic rings. The van der Waals surface area contributed by atoms with Crippen LogP contribution in [0.25, 0.3) is 20.8 Å². The van der Waals surface area contributed by atoms with Crippen molar-refractivity contribution in [3.05, 3.63) is 23.7 Å². The van der Waals surface area contributed by atoms with Crippen molar-refractivity contribution in [1.29, 1.82) is 0 Å². The van der Waals surface area contributed by atoms with E-state index in [-0.39, 0.29) is 24.8 Å². The van der Waals surface area contributed by atoms with Crippen LogP contribution < -0.4 is 10.6 Å². The van der Waals surface area contributed by atoms with Gasteiger partial charge in [-0.05, 0) is 57.9 Å². The summed E-state index contributed by atoms with van der Waals surface area (Å²) in [7, 11) is 0. The number of rotatable bonds is 6. The van der Waals surface area contributed by atoms with Gasteiger partial charge in [0.25, 0.3) is 0 Å². The number of anilines is 2. The Kier molecular flexibility index (Phi) is 6.44. The lowest BCUT2D eigenvalue weighted by Crippen LogP contribution is -2.37. The van der Waals surface area contributed by atoms with Crippen LogP contribution in [-0.2, 0) is 0 Å². The second-order valence-corrected chi connectivity index (χ2v) is 10.5. The third-order valence-corrected chi connectivity index (χ3v) is 8.02. The maximum atomic E-state index is 10.4. The monoisotopic (exact) mass is 468 g/mol. The lowest BCUT2D eigenvalue weighted by atomic mass is 9.93. The quantitative estimate of drug-likeness (QED) is 0.428. The van der Waals surface area contributed by atoms with Crippen molar-refractivity contribution in [3.63, 3.8) is 0 Å². The summed E-state index contributed by atoms with van der Waals surface area (Å²) >= 11 is 1.63. The smallest absolute Gasteiger partial charge is 0.225 e. The zero-order valence-corrected chi connectivity index (χ0v) is 20.0. The fourth-order valence-electron chi connectivity index (χ4n) is 5.10. The second-order valence-electron chi connectivity index (χ2n) is 9.42. The number of nitrogens with zero attached hydrogens (tertiary/aromatic N) is 4. The van der Waals surface area contributed by atoms with Crippen LogP contribution in [0.15, 0.2) is 12.3 Å². The molecule has 3 aromatic heterocycles. The minimum atomic E-state index is -0.376. The lowest BCUT2D eigenvalue weighted by molar-refractivity contribution is 0.116. The van der Waals surface area contributed by atoms with Gasteiger partial charge in [-0.15, -0.1) is 11.3 Å². The van der Waals surface area contributed by atoms with Gasteiger partial charge in [0.2, 0.25) is 5.95 Å². The van der Waals surface area contributed by atoms with Gasteiger partial charge in [-0.3, -0.25) is 4.98 Å². The number of nitrogens with one attached hydrogen (secondary N) is 2. The van der Waals surface area contributed by atoms with Gasteiger partial charge in [0.1, 0.15) is 16.3 Å². The Labute approximate surface area is 197 Å². The molecule has 2 aliphatic carbocycles. The summed E-state index contributed by atoms with van der Waals surface area (Å²) < 4.78 is 1.09. The Balaban J connectivity index is 1.52. The van der Waals surface area contributed by atoms with Crippen LogP contribution in [0.5, 0.6) is 0 Å². The SMILES string of the molecule is Cc1nc(NC2CCCCC2O)nc(NC2CCC(CO)C2)c1-c1nc2c(C)nccc2s1. The Morgan fingerprint density at radius 3 is 2.64 bits per heavy atom. The number of pyridine rings is 1. The number of aryl methyl sites for hydroxylation is 2. The fourth-order valence-corrected chi connectivity index (χ4v) is 6.21. The largest absolute Gasteiger partial charge is 0.396 e. The van der Waals surface area contributed by atoms with Gasteiger partial charge >= 0.3 is 0 Å². The van der Waals surface area contributed by atoms with Crippen LogP contribution in [-0.4, -0.2) is 54.9 Å². The van der Waals surface area contributed by atoms with Crippen LogP contribution in [0.1, 0.15) is 56.3 Å². The molecule has 0 radical (unpaired) electrons. The number of aliphatic hydroxyl groups excluding tert-OH is 2. The molecule has 176 valence electrons. The molecule has 2 fully saturated rings. The molecule has 5 rings (SSSR count). The topological polar surface area (TPSA) is 116 Å². The normalized spacial score (nSPS) is 25.5. The molecule has 4 N–H and O–H groups in total. The summed E-state index contributed by atoms with van der Waals surface area (Å²) in [4.78, 5) is 19.0. The third-order valence-electron chi connectivity index (χ3n) is 6.98. The highest BCUT2D eigenvalue weighted by atomic mass is 32.1. The highest BCUT2D eigenvalue weighted by Gasteiger charge is 2.28. The van der Waals surface area contributed by atoms with E-state index in [0.717, 1.165) is 82.9 Å². The average Bonchev–Trinajstić information content (AvgIpc) is 3.43. The van der Waals surface area contributed by atoms with Crippen molar-refractivity contribution >= 4 is 33.3 Å². The number of fused-ring (bicyclic) bond motifs is 1. The summed E-state index contributed by atoms with van der Waals surface area (Å²) in [6.45, 7) is 4.20. The van der Waals surface area contributed by atoms with Crippen LogP contribution in [0.3, 0.4) is 0 Å². The maximum Gasteiger partial charge on any atom is 0.225 e. The molecule has 0 amide bonds. The zero-order valence-electron chi connectivity index (χ0n) is 19.2. The Hall–Kier alpha value is -2.36. The number of aromatic nitrogens is 4. The van der Waals surface area contributed by atoms with Crippen LogP contribution in [0.4, 0.5) is 11.8 Å². The first-order valence-corrected chi connectivity index (χ1v) is 12.8. The molecule has 0 bridgehead atoms. The van der Waals surface area contributed by atoms with E-state index in [2.05, 4.69) is 15.6 Å².